The van der Waals surface area contributed by atoms with Gasteiger partial charge in [-0.05, 0) is 62.3 Å². The highest BCUT2D eigenvalue weighted by atomic mass is 35.5. The van der Waals surface area contributed by atoms with Crippen molar-refractivity contribution < 1.29 is 45.1 Å². The number of rotatable bonds is 10. The highest BCUT2D eigenvalue weighted by Gasteiger charge is 2.68. The second kappa shape index (κ2) is 12.8. The molecule has 0 radical (unpaired) electrons. The van der Waals surface area contributed by atoms with Crippen molar-refractivity contribution in [1.82, 2.24) is 25.2 Å². The first kappa shape index (κ1) is 33.5. The van der Waals surface area contributed by atoms with Crippen LogP contribution >= 0.6 is 11.6 Å². The van der Waals surface area contributed by atoms with Gasteiger partial charge in [-0.1, -0.05) is 17.7 Å². The monoisotopic (exact) mass is 678 g/mol. The van der Waals surface area contributed by atoms with E-state index < -0.39 is 54.8 Å². The molecule has 0 saturated heterocycles. The highest BCUT2D eigenvalue weighted by Crippen LogP contribution is 2.57. The normalized spacial score (nSPS) is 19.5. The third-order valence-corrected chi connectivity index (χ3v) is 8.68. The van der Waals surface area contributed by atoms with Crippen LogP contribution in [0.3, 0.4) is 0 Å². The van der Waals surface area contributed by atoms with E-state index in [1.807, 2.05) is 0 Å². The average molecular weight is 679 g/mol. The topological polar surface area (TPSA) is 110 Å². The first-order valence-corrected chi connectivity index (χ1v) is 14.8. The molecule has 2 saturated carbocycles. The number of carbonyl (C=O) groups is 2. The molecule has 0 spiro atoms. The number of amides is 2. The highest BCUT2D eigenvalue weighted by molar-refractivity contribution is 6.33. The molecular formula is C29H30ClF7N6O3. The number of carbonyl (C=O) groups excluding carboxylic acids is 2. The van der Waals surface area contributed by atoms with Crippen molar-refractivity contribution in [2.45, 2.75) is 63.5 Å². The van der Waals surface area contributed by atoms with Gasteiger partial charge in [0.15, 0.2) is 5.65 Å². The Morgan fingerprint density at radius 1 is 1.07 bits per heavy atom. The number of aromatic nitrogens is 3. The van der Waals surface area contributed by atoms with Crippen LogP contribution in [-0.2, 0) is 18.4 Å². The smallest absolute Gasteiger partial charge is 0.403 e. The van der Waals surface area contributed by atoms with Crippen LogP contribution in [0.4, 0.5) is 42.4 Å². The number of alkyl halides is 7. The van der Waals surface area contributed by atoms with Gasteiger partial charge in [0.25, 0.3) is 5.91 Å². The van der Waals surface area contributed by atoms with Crippen LogP contribution in [0.15, 0.2) is 24.3 Å². The van der Waals surface area contributed by atoms with Crippen molar-refractivity contribution in [2.75, 3.05) is 18.6 Å². The minimum atomic E-state index is -4.63. The van der Waals surface area contributed by atoms with Crippen LogP contribution < -0.4 is 20.7 Å². The van der Waals surface area contributed by atoms with E-state index in [0.717, 1.165) is 0 Å². The molecule has 5 rings (SSSR count). The molecule has 0 aliphatic heterocycles. The standard InChI is InChI=1S/C29H30ClF7N6O3/c1-43-22-21(13-18(24(42-22)46-11-10-31)23(44)39-17-5-3-16(4-6-17)28(32,33)34)41-26(43)40-20-12-15(2-7-19(20)30)14-38-25(45)27(8-9-27)29(35,36)37/h2,7,12-13,16-17H,3-6,8-11,14H2,1H3,(H,38,45)(H,39,44)(H,40,41)/t16-,17-. The molecule has 3 N–H and O–H groups in total. The number of aryl methyl sites for hydroxylation is 1. The van der Waals surface area contributed by atoms with Crippen molar-refractivity contribution in [2.24, 2.45) is 18.4 Å². The van der Waals surface area contributed by atoms with Crippen molar-refractivity contribution in [3.63, 3.8) is 0 Å². The van der Waals surface area contributed by atoms with Crippen LogP contribution in [-0.4, -0.2) is 58.0 Å². The van der Waals surface area contributed by atoms with E-state index in [4.69, 9.17) is 16.3 Å². The summed E-state index contributed by atoms with van der Waals surface area (Å²) < 4.78 is 98.9. The number of fused-ring (bicyclic) bond motifs is 1. The van der Waals surface area contributed by atoms with E-state index in [9.17, 15) is 40.3 Å². The lowest BCUT2D eigenvalue weighted by atomic mass is 9.85. The maximum absolute atomic E-state index is 13.3. The van der Waals surface area contributed by atoms with Gasteiger partial charge in [0.2, 0.25) is 17.7 Å². The number of pyridine rings is 1. The molecule has 0 unspecified atom stereocenters. The first-order valence-electron chi connectivity index (χ1n) is 14.5. The molecule has 2 amide bonds. The fraction of sp³-hybridized carbons (Fsp3) is 0.517. The van der Waals surface area contributed by atoms with Crippen LogP contribution in [0.25, 0.3) is 11.2 Å². The Hall–Kier alpha value is -3.82. The molecule has 3 aromatic rings. The van der Waals surface area contributed by atoms with Crippen molar-refractivity contribution in [3.8, 4) is 5.88 Å². The fourth-order valence-electron chi connectivity index (χ4n) is 5.46. The van der Waals surface area contributed by atoms with Gasteiger partial charge in [0.1, 0.15) is 29.8 Å². The quantitative estimate of drug-likeness (QED) is 0.211. The summed E-state index contributed by atoms with van der Waals surface area (Å²) in [5.41, 5.74) is -1.20. The summed E-state index contributed by atoms with van der Waals surface area (Å²) >= 11 is 6.36. The Balaban J connectivity index is 1.33. The Morgan fingerprint density at radius 2 is 1.76 bits per heavy atom. The lowest BCUT2D eigenvalue weighted by Crippen LogP contribution is -2.40. The molecule has 2 fully saturated rings. The van der Waals surface area contributed by atoms with Crippen molar-refractivity contribution in [1.29, 1.82) is 0 Å². The van der Waals surface area contributed by atoms with Crippen molar-refractivity contribution in [3.05, 3.63) is 40.4 Å². The number of halogens is 8. The average Bonchev–Trinajstić information content (AvgIpc) is 3.77. The number of imidazole rings is 1. The predicted octanol–water partition coefficient (Wildman–Crippen LogP) is 6.52. The molecule has 46 heavy (non-hydrogen) atoms. The molecule has 250 valence electrons. The number of hydrogen-bond acceptors (Lipinski definition) is 6. The van der Waals surface area contributed by atoms with Gasteiger partial charge in [-0.3, -0.25) is 14.2 Å². The molecular weight excluding hydrogens is 649 g/mol. The maximum atomic E-state index is 13.3. The molecule has 2 heterocycles. The van der Waals surface area contributed by atoms with Crippen LogP contribution in [0.5, 0.6) is 5.88 Å². The number of anilines is 2. The van der Waals surface area contributed by atoms with E-state index in [1.54, 1.807) is 13.1 Å². The minimum absolute atomic E-state index is 0.0772. The Bertz CT molecular complexity index is 1620. The molecule has 1 aromatic carbocycles. The summed E-state index contributed by atoms with van der Waals surface area (Å²) in [7, 11) is 1.59. The first-order chi connectivity index (χ1) is 21.6. The van der Waals surface area contributed by atoms with E-state index in [-0.39, 0.29) is 78.6 Å². The summed E-state index contributed by atoms with van der Waals surface area (Å²) in [6, 6.07) is 5.45. The van der Waals surface area contributed by atoms with Crippen molar-refractivity contribution >= 4 is 46.2 Å². The largest absolute Gasteiger partial charge is 0.474 e. The number of ether oxygens (including phenoxy) is 1. The zero-order valence-electron chi connectivity index (χ0n) is 24.4. The molecule has 2 aliphatic rings. The summed E-state index contributed by atoms with van der Waals surface area (Å²) in [5, 5.41) is 8.31. The van der Waals surface area contributed by atoms with E-state index >= 15 is 0 Å². The Morgan fingerprint density at radius 3 is 2.37 bits per heavy atom. The Kier molecular flexibility index (Phi) is 9.30. The molecule has 2 aliphatic carbocycles. The second-order valence-corrected chi connectivity index (χ2v) is 11.9. The van der Waals surface area contributed by atoms with Gasteiger partial charge < -0.3 is 20.7 Å². The van der Waals surface area contributed by atoms with Crippen LogP contribution in [0.2, 0.25) is 5.02 Å². The second-order valence-electron chi connectivity index (χ2n) is 11.5. The predicted molar refractivity (Wildman–Crippen MR) is 154 cm³/mol. The minimum Gasteiger partial charge on any atom is -0.474 e. The number of hydrogen-bond donors (Lipinski definition) is 3. The third kappa shape index (κ3) is 6.95. The SMILES string of the molecule is Cn1c(Nc2cc(CNC(=O)C3(C(F)(F)F)CC3)ccc2Cl)nc2cc(C(=O)N[C@H]3CC[C@H](C(F)(F)F)CC3)c(OCCF)nc21. The lowest BCUT2D eigenvalue weighted by molar-refractivity contribution is -0.192. The van der Waals surface area contributed by atoms with Gasteiger partial charge in [0.05, 0.1) is 16.6 Å². The molecule has 17 heteroatoms. The zero-order valence-corrected chi connectivity index (χ0v) is 25.2. The molecule has 9 nitrogen and oxygen atoms in total. The summed E-state index contributed by atoms with van der Waals surface area (Å²) in [6.07, 6.45) is -9.40. The lowest BCUT2D eigenvalue weighted by Gasteiger charge is -2.30. The fourth-order valence-corrected chi connectivity index (χ4v) is 5.62. The zero-order chi connectivity index (χ0) is 33.4. The van der Waals surface area contributed by atoms with Gasteiger partial charge in [-0.25, -0.2) is 9.37 Å². The van der Waals surface area contributed by atoms with E-state index in [1.165, 1.54) is 22.8 Å². The van der Waals surface area contributed by atoms with Crippen LogP contribution in [0, 0.1) is 11.3 Å². The number of benzene rings is 1. The third-order valence-electron chi connectivity index (χ3n) is 8.35. The molecule has 0 bridgehead atoms. The van der Waals surface area contributed by atoms with Gasteiger partial charge in [-0.2, -0.15) is 31.3 Å². The summed E-state index contributed by atoms with van der Waals surface area (Å²) in [4.78, 5) is 34.3. The van der Waals surface area contributed by atoms with Gasteiger partial charge in [-0.15, -0.1) is 0 Å². The Labute approximate surface area is 263 Å². The molecule has 0 atom stereocenters. The van der Waals surface area contributed by atoms with E-state index in [0.29, 0.717) is 11.3 Å². The van der Waals surface area contributed by atoms with E-state index in [2.05, 4.69) is 25.9 Å². The molecule has 2 aromatic heterocycles. The summed E-state index contributed by atoms with van der Waals surface area (Å²) in [6.45, 7) is -1.45. The maximum Gasteiger partial charge on any atom is 0.403 e. The summed E-state index contributed by atoms with van der Waals surface area (Å²) in [5.74, 6) is -3.16. The number of nitrogens with one attached hydrogen (secondary N) is 3. The van der Waals surface area contributed by atoms with Gasteiger partial charge in [0, 0.05) is 19.6 Å². The van der Waals surface area contributed by atoms with Crippen LogP contribution in [0.1, 0.15) is 54.4 Å². The van der Waals surface area contributed by atoms with Gasteiger partial charge >= 0.3 is 12.4 Å². The number of nitrogens with zero attached hydrogens (tertiary/aromatic N) is 3.